The van der Waals surface area contributed by atoms with Gasteiger partial charge in [0.1, 0.15) is 12.4 Å². The summed E-state index contributed by atoms with van der Waals surface area (Å²) in [6, 6.07) is 4.98. The number of esters is 1. The first kappa shape index (κ1) is 36.8. The van der Waals surface area contributed by atoms with E-state index >= 15 is 0 Å². The fourth-order valence-corrected chi connectivity index (χ4v) is 4.04. The number of aliphatic hydroxyl groups is 1. The molecule has 3 atom stereocenters. The molecule has 1 heterocycles. The van der Waals surface area contributed by atoms with Crippen molar-refractivity contribution in [1.82, 2.24) is 10.6 Å². The van der Waals surface area contributed by atoms with Gasteiger partial charge < -0.3 is 35.1 Å². The zero-order chi connectivity index (χ0) is 31.5. The number of aliphatic hydroxyl groups excluding tert-OH is 1. The Labute approximate surface area is 249 Å². The van der Waals surface area contributed by atoms with Gasteiger partial charge in [-0.15, -0.1) is 0 Å². The van der Waals surface area contributed by atoms with Crippen LogP contribution < -0.4 is 15.4 Å². The zero-order valence-electron chi connectivity index (χ0n) is 25.7. The van der Waals surface area contributed by atoms with Crippen molar-refractivity contribution in [2.45, 2.75) is 118 Å². The Kier molecular flexibility index (Phi) is 18.1. The summed E-state index contributed by atoms with van der Waals surface area (Å²) in [5.74, 6) is -0.894. The summed E-state index contributed by atoms with van der Waals surface area (Å²) in [5, 5.41) is 24.3. The van der Waals surface area contributed by atoms with Crippen LogP contribution in [0.4, 0.5) is 0 Å². The van der Waals surface area contributed by atoms with Gasteiger partial charge in [0, 0.05) is 37.9 Å². The summed E-state index contributed by atoms with van der Waals surface area (Å²) in [4.78, 5) is 45.4. The molecule has 0 spiro atoms. The first-order chi connectivity index (χ1) is 20.0. The van der Waals surface area contributed by atoms with Gasteiger partial charge in [0.2, 0.25) is 18.6 Å². The highest BCUT2D eigenvalue weighted by Gasteiger charge is 2.34. The van der Waals surface area contributed by atoms with E-state index in [1.54, 1.807) is 32.0 Å². The third kappa shape index (κ3) is 15.7. The van der Waals surface area contributed by atoms with Gasteiger partial charge in [-0.3, -0.25) is 14.4 Å². The van der Waals surface area contributed by atoms with Gasteiger partial charge in [-0.25, -0.2) is 4.79 Å². The number of ether oxygens (including phenoxy) is 3. The van der Waals surface area contributed by atoms with E-state index in [2.05, 4.69) is 31.4 Å². The Morgan fingerprint density at radius 2 is 1.86 bits per heavy atom. The number of hydrogen-bond donors (Lipinski definition) is 4. The summed E-state index contributed by atoms with van der Waals surface area (Å²) in [6.07, 6.45) is 4.63. The summed E-state index contributed by atoms with van der Waals surface area (Å²) >= 11 is 0. The molecule has 2 rings (SSSR count). The Bertz CT molecular complexity index is 968. The lowest BCUT2D eigenvalue weighted by Crippen LogP contribution is -2.42. The predicted octanol–water partition coefficient (Wildman–Crippen LogP) is 4.08. The average Bonchev–Trinajstić information content (AvgIpc) is 2.93. The molecule has 2 amide bonds. The minimum absolute atomic E-state index is 0.0290. The van der Waals surface area contributed by atoms with Crippen LogP contribution in [0.25, 0.3) is 0 Å². The van der Waals surface area contributed by atoms with Crippen LogP contribution in [0.2, 0.25) is 0 Å². The number of carboxylic acids is 1. The number of unbranched alkanes of at least 4 members (excludes halogenated alkanes) is 3. The number of amides is 2. The van der Waals surface area contributed by atoms with Crippen LogP contribution in [0.15, 0.2) is 18.2 Å². The minimum atomic E-state index is -1.19. The number of aliphatic carboxylic acids is 1. The third-order valence-electron chi connectivity index (χ3n) is 6.47. The molecule has 4 N–H and O–H groups in total. The number of hydrogen-bond acceptors (Lipinski definition) is 8. The van der Waals surface area contributed by atoms with Gasteiger partial charge in [-0.1, -0.05) is 72.8 Å². The van der Waals surface area contributed by atoms with Gasteiger partial charge in [0.25, 0.3) is 0 Å². The quantitative estimate of drug-likeness (QED) is 0.118. The Morgan fingerprint density at radius 3 is 2.48 bits per heavy atom. The van der Waals surface area contributed by atoms with E-state index in [1.807, 2.05) is 0 Å². The van der Waals surface area contributed by atoms with Crippen LogP contribution in [0.1, 0.15) is 97.1 Å². The zero-order valence-corrected chi connectivity index (χ0v) is 25.7. The SMILES string of the molecule is CC(C)C(=O)OCc1ccc(OC2CC(O)CC(C(=O)O)O2)c(CNC(=O)CCNC=O)c1.CCCCCCC(C)C. The van der Waals surface area contributed by atoms with Crippen LogP contribution in [0.3, 0.4) is 0 Å². The molecule has 0 radical (unpaired) electrons. The van der Waals surface area contributed by atoms with Crippen molar-refractivity contribution in [2.24, 2.45) is 11.8 Å². The Balaban J connectivity index is 0.000000844. The molecule has 11 heteroatoms. The van der Waals surface area contributed by atoms with Crippen LogP contribution >= 0.6 is 0 Å². The van der Waals surface area contributed by atoms with Crippen LogP contribution in [0, 0.1) is 11.8 Å². The number of carboxylic acid groups (broad SMARTS) is 1. The normalized spacial score (nSPS) is 18.0. The highest BCUT2D eigenvalue weighted by Crippen LogP contribution is 2.27. The smallest absolute Gasteiger partial charge is 0.333 e. The lowest BCUT2D eigenvalue weighted by molar-refractivity contribution is -0.195. The van der Waals surface area contributed by atoms with E-state index in [-0.39, 0.29) is 56.8 Å². The first-order valence-electron chi connectivity index (χ1n) is 14.9. The predicted molar refractivity (Wildman–Crippen MR) is 157 cm³/mol. The van der Waals surface area contributed by atoms with Gasteiger partial charge in [-0.2, -0.15) is 0 Å². The third-order valence-corrected chi connectivity index (χ3v) is 6.47. The molecule has 3 unspecified atom stereocenters. The van der Waals surface area contributed by atoms with E-state index < -0.39 is 24.5 Å². The van der Waals surface area contributed by atoms with Crippen molar-refractivity contribution in [3.8, 4) is 5.75 Å². The molecule has 0 saturated carbocycles. The molecule has 1 fully saturated rings. The fraction of sp³-hybridized carbons (Fsp3) is 0.677. The van der Waals surface area contributed by atoms with Crippen LogP contribution in [-0.2, 0) is 41.8 Å². The second kappa shape index (κ2) is 20.7. The molecule has 42 heavy (non-hydrogen) atoms. The van der Waals surface area contributed by atoms with E-state index in [1.165, 1.54) is 32.1 Å². The fourth-order valence-electron chi connectivity index (χ4n) is 4.04. The molecule has 0 aliphatic carbocycles. The average molecular weight is 595 g/mol. The van der Waals surface area contributed by atoms with Gasteiger partial charge in [0.05, 0.1) is 12.0 Å². The molecular weight excluding hydrogens is 544 g/mol. The summed E-state index contributed by atoms with van der Waals surface area (Å²) in [6.45, 7) is 10.6. The highest BCUT2D eigenvalue weighted by molar-refractivity contribution is 5.76. The van der Waals surface area contributed by atoms with Crippen molar-refractivity contribution in [3.63, 3.8) is 0 Å². The van der Waals surface area contributed by atoms with Gasteiger partial charge in [-0.05, 0) is 23.6 Å². The van der Waals surface area contributed by atoms with E-state index in [0.29, 0.717) is 23.3 Å². The molecule has 1 aliphatic heterocycles. The monoisotopic (exact) mass is 594 g/mol. The molecule has 1 aromatic rings. The topological polar surface area (TPSA) is 160 Å². The summed E-state index contributed by atoms with van der Waals surface area (Å²) < 4.78 is 16.5. The number of nitrogens with one attached hydrogen (secondary N) is 2. The maximum Gasteiger partial charge on any atom is 0.333 e. The number of carbonyl (C=O) groups excluding carboxylic acids is 3. The van der Waals surface area contributed by atoms with Crippen LogP contribution in [0.5, 0.6) is 5.75 Å². The van der Waals surface area contributed by atoms with Gasteiger partial charge in [0.15, 0.2) is 6.10 Å². The van der Waals surface area contributed by atoms with E-state index in [9.17, 15) is 29.4 Å². The largest absolute Gasteiger partial charge is 0.479 e. The maximum absolute atomic E-state index is 12.0. The summed E-state index contributed by atoms with van der Waals surface area (Å²) in [7, 11) is 0. The first-order valence-corrected chi connectivity index (χ1v) is 14.9. The lowest BCUT2D eigenvalue weighted by atomic mass is 10.1. The van der Waals surface area contributed by atoms with Crippen molar-refractivity contribution in [3.05, 3.63) is 29.3 Å². The maximum atomic E-state index is 12.0. The van der Waals surface area contributed by atoms with Crippen molar-refractivity contribution in [1.29, 1.82) is 0 Å². The second-order valence-corrected chi connectivity index (χ2v) is 11.2. The molecule has 238 valence electrons. The molecule has 11 nitrogen and oxygen atoms in total. The Hall–Kier alpha value is -3.18. The number of carbonyl (C=O) groups is 4. The summed E-state index contributed by atoms with van der Waals surface area (Å²) in [5.41, 5.74) is 1.21. The van der Waals surface area contributed by atoms with Crippen molar-refractivity contribution < 1.29 is 43.6 Å². The molecule has 1 aliphatic rings. The van der Waals surface area contributed by atoms with Gasteiger partial charge >= 0.3 is 11.9 Å². The molecule has 0 aromatic heterocycles. The molecule has 1 aromatic carbocycles. The van der Waals surface area contributed by atoms with E-state index in [0.717, 1.165) is 5.92 Å². The van der Waals surface area contributed by atoms with Crippen molar-refractivity contribution in [2.75, 3.05) is 6.54 Å². The number of benzene rings is 1. The standard InChI is InChI=1S/C22H30N2O9.C9H20/c1-13(2)22(30)31-11-14-3-4-17(15(7-14)10-24-19(27)5-6-23-12-25)32-20-9-16(26)8-18(33-20)21(28)29;1-4-5-6-7-8-9(2)3/h3-4,7,12-13,16,18,20,26H,5-6,8-11H2,1-2H3,(H,23,25)(H,24,27)(H,28,29);9H,4-8H2,1-3H3. The van der Waals surface area contributed by atoms with Crippen LogP contribution in [-0.4, -0.2) is 59.5 Å². The van der Waals surface area contributed by atoms with E-state index in [4.69, 9.17) is 14.2 Å². The molecule has 0 bridgehead atoms. The molecular formula is C31H50N2O9. The van der Waals surface area contributed by atoms with Crippen molar-refractivity contribution >= 4 is 24.3 Å². The lowest BCUT2D eigenvalue weighted by Gasteiger charge is -2.31. The number of rotatable bonds is 17. The second-order valence-electron chi connectivity index (χ2n) is 11.2. The Morgan fingerprint density at radius 1 is 1.12 bits per heavy atom. The molecule has 1 saturated heterocycles. The highest BCUT2D eigenvalue weighted by atomic mass is 16.7. The minimum Gasteiger partial charge on any atom is -0.479 e.